The molecule has 0 radical (unpaired) electrons. The SMILES string of the molecule is CC(=O)/C(=C\n1c(=S)sc2ccccc21)C(=O)Nc1ccc(N([O-])O)cc1. The van der Waals surface area contributed by atoms with Gasteiger partial charge in [-0.1, -0.05) is 12.1 Å². The summed E-state index contributed by atoms with van der Waals surface area (Å²) in [4.78, 5) is 24.6. The van der Waals surface area contributed by atoms with Crippen molar-refractivity contribution in [2.24, 2.45) is 0 Å². The minimum Gasteiger partial charge on any atom is -0.733 e. The fourth-order valence-corrected chi connectivity index (χ4v) is 3.69. The van der Waals surface area contributed by atoms with Crippen molar-refractivity contribution in [2.45, 2.75) is 6.92 Å². The van der Waals surface area contributed by atoms with E-state index in [0.717, 1.165) is 10.2 Å². The number of carbonyl (C=O) groups is 2. The van der Waals surface area contributed by atoms with E-state index in [1.165, 1.54) is 48.7 Å². The number of thiazole rings is 1. The van der Waals surface area contributed by atoms with Gasteiger partial charge in [0.25, 0.3) is 5.91 Å². The maximum atomic E-state index is 12.6. The third-order valence-corrected chi connectivity index (χ3v) is 5.13. The number of hydrogen-bond donors (Lipinski definition) is 2. The molecule has 1 amide bonds. The highest BCUT2D eigenvalue weighted by atomic mass is 32.1. The second-order valence-electron chi connectivity index (χ2n) is 5.58. The molecule has 0 atom stereocenters. The number of nitrogens with zero attached hydrogens (tertiary/aromatic N) is 2. The highest BCUT2D eigenvalue weighted by molar-refractivity contribution is 7.73. The first-order valence-corrected chi connectivity index (χ1v) is 8.99. The van der Waals surface area contributed by atoms with Gasteiger partial charge in [0, 0.05) is 11.9 Å². The largest absolute Gasteiger partial charge is 0.733 e. The van der Waals surface area contributed by atoms with Crippen LogP contribution in [0, 0.1) is 9.16 Å². The van der Waals surface area contributed by atoms with E-state index in [0.29, 0.717) is 9.64 Å². The summed E-state index contributed by atoms with van der Waals surface area (Å²) in [6.45, 7) is 1.30. The Balaban J connectivity index is 1.94. The van der Waals surface area contributed by atoms with Crippen LogP contribution in [0.5, 0.6) is 0 Å². The molecule has 3 aromatic rings. The van der Waals surface area contributed by atoms with Crippen LogP contribution in [0.25, 0.3) is 16.4 Å². The third-order valence-electron chi connectivity index (χ3n) is 3.75. The summed E-state index contributed by atoms with van der Waals surface area (Å²) >= 11 is 6.73. The van der Waals surface area contributed by atoms with Crippen molar-refractivity contribution in [1.29, 1.82) is 0 Å². The highest BCUT2D eigenvalue weighted by Gasteiger charge is 2.16. The average Bonchev–Trinajstić information content (AvgIpc) is 2.94. The third kappa shape index (κ3) is 4.12. The van der Waals surface area contributed by atoms with E-state index in [2.05, 4.69) is 5.32 Å². The molecule has 0 saturated carbocycles. The maximum absolute atomic E-state index is 12.6. The summed E-state index contributed by atoms with van der Waals surface area (Å²) < 4.78 is 3.10. The van der Waals surface area contributed by atoms with Gasteiger partial charge in [-0.05, 0) is 55.5 Å². The molecule has 1 aromatic heterocycles. The van der Waals surface area contributed by atoms with Crippen LogP contribution in [-0.4, -0.2) is 21.5 Å². The van der Waals surface area contributed by atoms with Crippen molar-refractivity contribution in [3.8, 4) is 0 Å². The summed E-state index contributed by atoms with van der Waals surface area (Å²) in [5.41, 5.74) is 1.14. The maximum Gasteiger partial charge on any atom is 0.260 e. The quantitative estimate of drug-likeness (QED) is 0.219. The van der Waals surface area contributed by atoms with E-state index in [4.69, 9.17) is 17.4 Å². The topological polar surface area (TPSA) is 97.6 Å². The molecule has 1 heterocycles. The van der Waals surface area contributed by atoms with E-state index in [1.54, 1.807) is 4.57 Å². The van der Waals surface area contributed by atoms with Gasteiger partial charge in [-0.3, -0.25) is 19.4 Å². The number of rotatable bonds is 5. The van der Waals surface area contributed by atoms with Crippen LogP contribution >= 0.6 is 23.6 Å². The molecule has 2 aromatic carbocycles. The van der Waals surface area contributed by atoms with Gasteiger partial charge < -0.3 is 15.8 Å². The van der Waals surface area contributed by atoms with Gasteiger partial charge >= 0.3 is 0 Å². The lowest BCUT2D eigenvalue weighted by Crippen LogP contribution is -2.19. The Morgan fingerprint density at radius 2 is 1.89 bits per heavy atom. The number of hydrogen-bond acceptors (Lipinski definition) is 7. The van der Waals surface area contributed by atoms with Crippen LogP contribution in [-0.2, 0) is 9.59 Å². The first-order valence-electron chi connectivity index (χ1n) is 7.77. The van der Waals surface area contributed by atoms with Crippen LogP contribution in [0.15, 0.2) is 54.1 Å². The molecular weight excluding hydrogens is 386 g/mol. The minimum atomic E-state index is -0.601. The lowest BCUT2D eigenvalue weighted by Gasteiger charge is -2.21. The summed E-state index contributed by atoms with van der Waals surface area (Å²) in [5.74, 6) is -1.02. The molecule has 0 unspecified atom stereocenters. The number of fused-ring (bicyclic) bond motifs is 1. The molecule has 0 aliphatic carbocycles. The Kier molecular flexibility index (Phi) is 5.47. The second kappa shape index (κ2) is 7.80. The Hall–Kier alpha value is -2.85. The molecule has 0 aliphatic rings. The van der Waals surface area contributed by atoms with Crippen LogP contribution in [0.4, 0.5) is 11.4 Å². The number of nitrogens with one attached hydrogen (secondary N) is 1. The van der Waals surface area contributed by atoms with E-state index >= 15 is 0 Å². The summed E-state index contributed by atoms with van der Waals surface area (Å²) in [6, 6.07) is 13.1. The summed E-state index contributed by atoms with van der Waals surface area (Å²) in [5, 5.41) is 22.0. The first kappa shape index (κ1) is 18.9. The second-order valence-corrected chi connectivity index (χ2v) is 7.25. The first-order chi connectivity index (χ1) is 12.9. The summed E-state index contributed by atoms with van der Waals surface area (Å²) in [6.07, 6.45) is 1.43. The smallest absolute Gasteiger partial charge is 0.260 e. The van der Waals surface area contributed by atoms with Crippen molar-refractivity contribution in [3.05, 3.63) is 63.3 Å². The molecule has 3 rings (SSSR count). The average molecular weight is 400 g/mol. The normalized spacial score (nSPS) is 11.4. The molecule has 7 nitrogen and oxygen atoms in total. The van der Waals surface area contributed by atoms with Crippen molar-refractivity contribution < 1.29 is 14.8 Å². The molecule has 138 valence electrons. The molecule has 0 aliphatic heterocycles. The van der Waals surface area contributed by atoms with Crippen LogP contribution in [0.1, 0.15) is 6.92 Å². The molecule has 9 heteroatoms. The van der Waals surface area contributed by atoms with E-state index in [-0.39, 0.29) is 16.5 Å². The number of Topliss-reactive ketones (excluding diaryl/α,β-unsaturated/α-hetero) is 1. The lowest BCUT2D eigenvalue weighted by atomic mass is 10.1. The molecular formula is C18H14N3O4S2-. The Morgan fingerprint density at radius 1 is 1.22 bits per heavy atom. The fraction of sp³-hybridized carbons (Fsp3) is 0.0556. The van der Waals surface area contributed by atoms with Crippen molar-refractivity contribution in [3.63, 3.8) is 0 Å². The standard InChI is InChI=1S/C18H14N3O4S2/c1-11(22)14(10-20-15-4-2-3-5-16(15)27-18(20)26)17(23)19-12-6-8-13(9-7-12)21(24)25/h2-10,24H,1H3,(H,19,23)/q-1/b14-10+. The monoisotopic (exact) mass is 400 g/mol. The minimum absolute atomic E-state index is 0.0198. The molecule has 0 fully saturated rings. The van der Waals surface area contributed by atoms with Crippen LogP contribution in [0.2, 0.25) is 0 Å². The predicted molar refractivity (Wildman–Crippen MR) is 108 cm³/mol. The zero-order valence-corrected chi connectivity index (χ0v) is 15.7. The number of carbonyl (C=O) groups excluding carboxylic acids is 2. The fourth-order valence-electron chi connectivity index (χ4n) is 2.42. The molecule has 0 spiro atoms. The van der Waals surface area contributed by atoms with Gasteiger partial charge in [0.05, 0.1) is 21.5 Å². The predicted octanol–water partition coefficient (Wildman–Crippen LogP) is 4.19. The lowest BCUT2D eigenvalue weighted by molar-refractivity contribution is -0.118. The number of amides is 1. The van der Waals surface area contributed by atoms with Gasteiger partial charge in [-0.25, -0.2) is 0 Å². The van der Waals surface area contributed by atoms with Gasteiger partial charge in [0.1, 0.15) is 0 Å². The van der Waals surface area contributed by atoms with Crippen molar-refractivity contribution in [1.82, 2.24) is 4.57 Å². The number of para-hydroxylation sites is 1. The van der Waals surface area contributed by atoms with Crippen molar-refractivity contribution >= 4 is 63.0 Å². The van der Waals surface area contributed by atoms with E-state index in [9.17, 15) is 14.8 Å². The molecule has 2 N–H and O–H groups in total. The van der Waals surface area contributed by atoms with Gasteiger partial charge in [-0.15, -0.1) is 11.3 Å². The van der Waals surface area contributed by atoms with Gasteiger partial charge in [-0.2, -0.15) is 0 Å². The van der Waals surface area contributed by atoms with Crippen molar-refractivity contribution in [2.75, 3.05) is 10.5 Å². The van der Waals surface area contributed by atoms with Crippen LogP contribution in [0.3, 0.4) is 0 Å². The molecule has 0 saturated heterocycles. The van der Waals surface area contributed by atoms with E-state index in [1.807, 2.05) is 24.3 Å². The molecule has 0 bridgehead atoms. The number of anilines is 2. The zero-order chi connectivity index (χ0) is 19.6. The van der Waals surface area contributed by atoms with Crippen LogP contribution < -0.4 is 10.5 Å². The Labute approximate surface area is 163 Å². The van der Waals surface area contributed by atoms with Gasteiger partial charge in [0.15, 0.2) is 9.74 Å². The zero-order valence-electron chi connectivity index (χ0n) is 14.1. The Bertz CT molecular complexity index is 1100. The van der Waals surface area contributed by atoms with Gasteiger partial charge in [0.2, 0.25) is 0 Å². The number of aromatic nitrogens is 1. The highest BCUT2D eigenvalue weighted by Crippen LogP contribution is 2.24. The summed E-state index contributed by atoms with van der Waals surface area (Å²) in [7, 11) is 0. The Morgan fingerprint density at radius 3 is 2.52 bits per heavy atom. The molecule has 27 heavy (non-hydrogen) atoms. The van der Waals surface area contributed by atoms with E-state index < -0.39 is 11.7 Å². The number of benzene rings is 2. The number of ketones is 1.